The van der Waals surface area contributed by atoms with Crippen molar-refractivity contribution in [3.63, 3.8) is 0 Å². The third-order valence-corrected chi connectivity index (χ3v) is 6.91. The van der Waals surface area contributed by atoms with Gasteiger partial charge in [-0.3, -0.25) is 4.79 Å². The van der Waals surface area contributed by atoms with E-state index >= 15 is 4.39 Å². The van der Waals surface area contributed by atoms with E-state index in [1.54, 1.807) is 18.2 Å². The number of nitrogens with one attached hydrogen (secondary N) is 1. The number of hydrogen-bond donors (Lipinski definition) is 1. The van der Waals surface area contributed by atoms with Crippen LogP contribution in [0.3, 0.4) is 0 Å². The Bertz CT molecular complexity index is 1330. The van der Waals surface area contributed by atoms with Crippen LogP contribution in [0.15, 0.2) is 54.6 Å². The van der Waals surface area contributed by atoms with Gasteiger partial charge < -0.3 is 14.3 Å². The number of hydrogen-bond acceptors (Lipinski definition) is 6. The highest BCUT2D eigenvalue weighted by atomic mass is 32.2. The minimum atomic E-state index is -4.26. The highest BCUT2D eigenvalue weighted by Crippen LogP contribution is 2.40. The molecule has 1 aliphatic heterocycles. The molecule has 0 aliphatic carbocycles. The van der Waals surface area contributed by atoms with Gasteiger partial charge in [0.1, 0.15) is 36.6 Å². The maximum absolute atomic E-state index is 15.9. The number of nitrogens with zero attached hydrogens (tertiary/aromatic N) is 1. The number of aldehydes is 1. The Labute approximate surface area is 202 Å². The number of fused-ring (bicyclic) bond motifs is 1. The van der Waals surface area contributed by atoms with Gasteiger partial charge in [0.25, 0.3) is 5.91 Å². The highest BCUT2D eigenvalue weighted by Gasteiger charge is 2.38. The number of benzene rings is 3. The van der Waals surface area contributed by atoms with Crippen molar-refractivity contribution in [3.8, 4) is 11.5 Å². The number of ether oxygens (including phenoxy) is 2. The summed E-state index contributed by atoms with van der Waals surface area (Å²) in [6.45, 7) is -0.0706. The first-order chi connectivity index (χ1) is 16.9. The van der Waals surface area contributed by atoms with Gasteiger partial charge in [-0.15, -0.1) is 0 Å². The molecule has 0 spiro atoms. The lowest BCUT2D eigenvalue weighted by atomic mass is 10.1. The summed E-state index contributed by atoms with van der Waals surface area (Å²) in [5.74, 6) is -1.16. The summed E-state index contributed by atoms with van der Waals surface area (Å²) in [6.07, 6.45) is 3.75. The average Bonchev–Trinajstić information content (AvgIpc) is 3.12. The van der Waals surface area contributed by atoms with Crippen molar-refractivity contribution < 1.29 is 31.9 Å². The summed E-state index contributed by atoms with van der Waals surface area (Å²) in [6, 6.07) is 15.6. The minimum Gasteiger partial charge on any atom is -0.494 e. The van der Waals surface area contributed by atoms with Gasteiger partial charge >= 0.3 is 10.2 Å². The Balaban J connectivity index is 1.66. The molecule has 0 bridgehead atoms. The van der Waals surface area contributed by atoms with Gasteiger partial charge in [-0.2, -0.15) is 8.42 Å². The van der Waals surface area contributed by atoms with E-state index in [1.165, 1.54) is 6.07 Å². The summed E-state index contributed by atoms with van der Waals surface area (Å²) >= 11 is 0. The van der Waals surface area contributed by atoms with E-state index in [9.17, 15) is 18.0 Å². The third kappa shape index (κ3) is 5.71. The molecule has 0 radical (unpaired) electrons. The van der Waals surface area contributed by atoms with Gasteiger partial charge in [-0.1, -0.05) is 36.4 Å². The number of anilines is 1. The molecule has 3 aromatic rings. The lowest BCUT2D eigenvalue weighted by molar-refractivity contribution is -0.117. The molecule has 3 aromatic carbocycles. The summed E-state index contributed by atoms with van der Waals surface area (Å²) in [4.78, 5) is 22.2. The van der Waals surface area contributed by atoms with Crippen molar-refractivity contribution >= 4 is 38.9 Å². The van der Waals surface area contributed by atoms with Crippen LogP contribution in [0, 0.1) is 5.82 Å². The zero-order valence-corrected chi connectivity index (χ0v) is 19.7. The summed E-state index contributed by atoms with van der Waals surface area (Å²) < 4.78 is 55.1. The van der Waals surface area contributed by atoms with Crippen LogP contribution in [0.2, 0.25) is 0 Å². The maximum atomic E-state index is 15.9. The molecule has 1 N–H and O–H groups in total. The number of carbonyl (C=O) groups excluding carboxylic acids is 2. The van der Waals surface area contributed by atoms with E-state index in [4.69, 9.17) is 9.47 Å². The van der Waals surface area contributed by atoms with Crippen LogP contribution in [-0.4, -0.2) is 33.8 Å². The van der Waals surface area contributed by atoms with Crippen molar-refractivity contribution in [2.24, 2.45) is 0 Å². The Morgan fingerprint density at radius 1 is 1.03 bits per heavy atom. The van der Waals surface area contributed by atoms with Gasteiger partial charge in [0.15, 0.2) is 5.82 Å². The fourth-order valence-corrected chi connectivity index (χ4v) is 4.97. The second-order valence-corrected chi connectivity index (χ2v) is 9.69. The molecule has 10 heteroatoms. The molecular formula is C25H25FN2O6S. The molecule has 0 aromatic heterocycles. The van der Waals surface area contributed by atoms with Crippen molar-refractivity contribution in [2.45, 2.75) is 32.3 Å². The molecule has 184 valence electrons. The predicted octanol–water partition coefficient (Wildman–Crippen LogP) is 3.88. The summed E-state index contributed by atoms with van der Waals surface area (Å²) in [7, 11) is -4.26. The Kier molecular flexibility index (Phi) is 7.50. The number of amides is 1. The zero-order valence-electron chi connectivity index (χ0n) is 18.9. The third-order valence-electron chi connectivity index (χ3n) is 5.53. The monoisotopic (exact) mass is 500 g/mol. The predicted molar refractivity (Wildman–Crippen MR) is 129 cm³/mol. The van der Waals surface area contributed by atoms with Crippen molar-refractivity contribution in [2.75, 3.05) is 17.5 Å². The van der Waals surface area contributed by atoms with E-state index in [1.807, 2.05) is 35.1 Å². The minimum absolute atomic E-state index is 0.00257. The van der Waals surface area contributed by atoms with Crippen molar-refractivity contribution in [1.29, 1.82) is 0 Å². The number of carbonyl (C=O) groups is 2. The fourth-order valence-electron chi connectivity index (χ4n) is 3.81. The van der Waals surface area contributed by atoms with E-state index in [2.05, 4.69) is 0 Å². The second kappa shape index (κ2) is 10.7. The maximum Gasteiger partial charge on any atom is 0.326 e. The average molecular weight is 501 g/mol. The first-order valence-corrected chi connectivity index (χ1v) is 12.7. The summed E-state index contributed by atoms with van der Waals surface area (Å²) in [5, 5.41) is 0.628. The van der Waals surface area contributed by atoms with E-state index in [0.717, 1.165) is 31.1 Å². The molecule has 0 unspecified atom stereocenters. The largest absolute Gasteiger partial charge is 0.494 e. The molecule has 1 aliphatic rings. The smallest absolute Gasteiger partial charge is 0.326 e. The number of rotatable bonds is 11. The lowest BCUT2D eigenvalue weighted by Crippen LogP contribution is -2.30. The van der Waals surface area contributed by atoms with Crippen LogP contribution in [-0.2, 0) is 26.4 Å². The summed E-state index contributed by atoms with van der Waals surface area (Å²) in [5.41, 5.74) is 0.479. The van der Waals surface area contributed by atoms with Crippen molar-refractivity contribution in [1.82, 2.24) is 4.72 Å². The van der Waals surface area contributed by atoms with E-state index in [0.29, 0.717) is 28.5 Å². The molecule has 1 fully saturated rings. The molecule has 1 heterocycles. The van der Waals surface area contributed by atoms with Gasteiger partial charge in [0.2, 0.25) is 0 Å². The Morgan fingerprint density at radius 2 is 1.83 bits per heavy atom. The SMILES string of the molecule is O=CCCCCCOc1ccc2cc(OCc3ccccc3)c(N3CC(=O)NS3(=O)=O)c(F)c2c1. The Hall–Kier alpha value is -3.66. The van der Waals surface area contributed by atoms with E-state index in [-0.39, 0.29) is 23.4 Å². The topological polar surface area (TPSA) is 102 Å². The first kappa shape index (κ1) is 24.5. The molecule has 0 atom stereocenters. The van der Waals surface area contributed by atoms with Gasteiger partial charge in [-0.05, 0) is 48.4 Å². The van der Waals surface area contributed by atoms with Gasteiger partial charge in [0, 0.05) is 11.8 Å². The number of halogens is 1. The van der Waals surface area contributed by atoms with Crippen LogP contribution in [0.4, 0.5) is 10.1 Å². The van der Waals surface area contributed by atoms with Crippen LogP contribution >= 0.6 is 0 Å². The van der Waals surface area contributed by atoms with Gasteiger partial charge in [0.05, 0.1) is 6.61 Å². The lowest BCUT2D eigenvalue weighted by Gasteiger charge is -2.21. The molecule has 1 amide bonds. The molecule has 0 saturated carbocycles. The molecule has 8 nitrogen and oxygen atoms in total. The molecule has 4 rings (SSSR count). The normalized spacial score (nSPS) is 14.7. The molecule has 1 saturated heterocycles. The first-order valence-electron chi connectivity index (χ1n) is 11.2. The van der Waals surface area contributed by atoms with Crippen LogP contribution in [0.25, 0.3) is 10.8 Å². The van der Waals surface area contributed by atoms with Crippen LogP contribution in [0.1, 0.15) is 31.2 Å². The highest BCUT2D eigenvalue weighted by molar-refractivity contribution is 7.92. The zero-order chi connectivity index (χ0) is 24.8. The van der Waals surface area contributed by atoms with Gasteiger partial charge in [-0.25, -0.2) is 13.4 Å². The Morgan fingerprint density at radius 3 is 2.54 bits per heavy atom. The van der Waals surface area contributed by atoms with Crippen molar-refractivity contribution in [3.05, 3.63) is 66.0 Å². The molecule has 35 heavy (non-hydrogen) atoms. The standard InChI is InChI=1S/C25H25FN2O6S/c26-24-21-15-20(33-13-7-2-1-6-12-29)11-10-19(21)14-22(34-17-18-8-4-3-5-9-18)25(24)28-16-23(30)27-35(28,31)32/h3-5,8-12,14-15H,1-2,6-7,13,16-17H2,(H,27,30). The number of unbranched alkanes of at least 4 members (excludes halogenated alkanes) is 3. The molecular weight excluding hydrogens is 475 g/mol. The van der Waals surface area contributed by atoms with Crippen LogP contribution < -0.4 is 18.5 Å². The van der Waals surface area contributed by atoms with E-state index < -0.39 is 28.5 Å². The second-order valence-electron chi connectivity index (χ2n) is 8.10. The fraction of sp³-hybridized carbons (Fsp3) is 0.280. The van der Waals surface area contributed by atoms with Crippen LogP contribution in [0.5, 0.6) is 11.5 Å². The quantitative estimate of drug-likeness (QED) is 0.317.